The van der Waals surface area contributed by atoms with E-state index in [1.165, 1.54) is 11.3 Å². The van der Waals surface area contributed by atoms with Crippen molar-refractivity contribution in [2.45, 2.75) is 37.8 Å². The van der Waals surface area contributed by atoms with Gasteiger partial charge in [0, 0.05) is 23.6 Å². The molecule has 134 valence electrons. The summed E-state index contributed by atoms with van der Waals surface area (Å²) in [5.41, 5.74) is 1.16. The van der Waals surface area contributed by atoms with Gasteiger partial charge in [-0.05, 0) is 19.8 Å². The summed E-state index contributed by atoms with van der Waals surface area (Å²) in [5, 5.41) is 26.0. The van der Waals surface area contributed by atoms with Crippen LogP contribution >= 0.6 is 11.3 Å². The number of hydrogen-bond acceptors (Lipinski definition) is 7. The Bertz CT molecular complexity index is 900. The zero-order valence-corrected chi connectivity index (χ0v) is 14.9. The molecule has 0 spiro atoms. The Labute approximate surface area is 154 Å². The van der Waals surface area contributed by atoms with Crippen LogP contribution in [0.2, 0.25) is 0 Å². The van der Waals surface area contributed by atoms with E-state index in [2.05, 4.69) is 20.7 Å². The smallest absolute Gasteiger partial charge is 0.273 e. The fourth-order valence-corrected chi connectivity index (χ4v) is 3.80. The third kappa shape index (κ3) is 3.38. The van der Waals surface area contributed by atoms with Gasteiger partial charge in [-0.3, -0.25) is 4.79 Å². The number of benzene rings is 1. The Morgan fingerprint density at radius 1 is 1.31 bits per heavy atom. The minimum atomic E-state index is -0.595. The lowest BCUT2D eigenvalue weighted by molar-refractivity contribution is 0.0899. The summed E-state index contributed by atoms with van der Waals surface area (Å²) >= 11 is 1.43. The molecule has 2 N–H and O–H groups in total. The van der Waals surface area contributed by atoms with Gasteiger partial charge in [0.15, 0.2) is 11.5 Å². The van der Waals surface area contributed by atoms with Crippen molar-refractivity contribution < 1.29 is 14.4 Å². The third-order valence-corrected chi connectivity index (χ3v) is 5.69. The molecular formula is C18H18N4O3S. The van der Waals surface area contributed by atoms with Gasteiger partial charge >= 0.3 is 0 Å². The molecule has 0 radical (unpaired) electrons. The number of aliphatic hydroxyl groups is 1. The average Bonchev–Trinajstić information content (AvgIpc) is 3.28. The van der Waals surface area contributed by atoms with E-state index in [-0.39, 0.29) is 23.6 Å². The normalized spacial score (nSPS) is 20.4. The van der Waals surface area contributed by atoms with Crippen LogP contribution in [0.1, 0.15) is 52.3 Å². The first-order chi connectivity index (χ1) is 12.6. The zero-order chi connectivity index (χ0) is 18.1. The standard InChI is InChI=1S/C18H18N4O3S/c1-10(23)17-20-21-18(26-17)12-7-13(8-12)19-16(24)14-9-15(25-22-14)11-5-3-2-4-6-11/h2-6,9-10,12-13,23H,7-8H2,1H3,(H,19,24)/t10-,12-,13+/m1/s1. The van der Waals surface area contributed by atoms with Gasteiger partial charge in [-0.1, -0.05) is 46.8 Å². The number of carbonyl (C=O) groups is 1. The Morgan fingerprint density at radius 3 is 2.77 bits per heavy atom. The van der Waals surface area contributed by atoms with Crippen molar-refractivity contribution in [3.05, 3.63) is 52.1 Å². The quantitative estimate of drug-likeness (QED) is 0.716. The number of aromatic nitrogens is 3. The summed E-state index contributed by atoms with van der Waals surface area (Å²) in [4.78, 5) is 12.3. The molecule has 1 saturated carbocycles. The minimum absolute atomic E-state index is 0.0864. The maximum Gasteiger partial charge on any atom is 0.273 e. The molecule has 4 rings (SSSR count). The van der Waals surface area contributed by atoms with Crippen LogP contribution in [0.4, 0.5) is 0 Å². The van der Waals surface area contributed by atoms with E-state index >= 15 is 0 Å². The molecule has 1 aromatic carbocycles. The monoisotopic (exact) mass is 370 g/mol. The molecule has 3 aromatic rings. The van der Waals surface area contributed by atoms with E-state index in [1.54, 1.807) is 13.0 Å². The number of nitrogens with one attached hydrogen (secondary N) is 1. The molecule has 1 atom stereocenters. The van der Waals surface area contributed by atoms with E-state index in [4.69, 9.17) is 4.52 Å². The number of nitrogens with zero attached hydrogens (tertiary/aromatic N) is 3. The van der Waals surface area contributed by atoms with Crippen molar-refractivity contribution in [3.63, 3.8) is 0 Å². The number of aliphatic hydroxyl groups excluding tert-OH is 1. The highest BCUT2D eigenvalue weighted by Gasteiger charge is 2.34. The van der Waals surface area contributed by atoms with Crippen LogP contribution in [0.15, 0.2) is 40.9 Å². The lowest BCUT2D eigenvalue weighted by Gasteiger charge is -2.33. The van der Waals surface area contributed by atoms with Crippen molar-refractivity contribution in [1.82, 2.24) is 20.7 Å². The minimum Gasteiger partial charge on any atom is -0.386 e. The highest BCUT2D eigenvalue weighted by Crippen LogP contribution is 2.39. The first-order valence-electron chi connectivity index (χ1n) is 8.44. The molecule has 26 heavy (non-hydrogen) atoms. The van der Waals surface area contributed by atoms with Crippen LogP contribution in [0, 0.1) is 0 Å². The summed E-state index contributed by atoms with van der Waals surface area (Å²) in [5.74, 6) is 0.616. The average molecular weight is 370 g/mol. The fraction of sp³-hybridized carbons (Fsp3) is 0.333. The van der Waals surface area contributed by atoms with Gasteiger partial charge in [0.2, 0.25) is 0 Å². The second-order valence-electron chi connectivity index (χ2n) is 6.44. The van der Waals surface area contributed by atoms with Crippen LogP contribution in [-0.2, 0) is 0 Å². The Kier molecular flexibility index (Phi) is 4.52. The van der Waals surface area contributed by atoms with Crippen LogP contribution in [-0.4, -0.2) is 32.4 Å². The Morgan fingerprint density at radius 2 is 2.08 bits per heavy atom. The largest absolute Gasteiger partial charge is 0.386 e. The van der Waals surface area contributed by atoms with Crippen molar-refractivity contribution in [1.29, 1.82) is 0 Å². The van der Waals surface area contributed by atoms with Crippen molar-refractivity contribution in [2.75, 3.05) is 0 Å². The van der Waals surface area contributed by atoms with Gasteiger partial charge < -0.3 is 14.9 Å². The van der Waals surface area contributed by atoms with E-state index in [0.29, 0.717) is 10.8 Å². The topological polar surface area (TPSA) is 101 Å². The molecule has 1 amide bonds. The highest BCUT2D eigenvalue weighted by atomic mass is 32.1. The zero-order valence-electron chi connectivity index (χ0n) is 14.1. The van der Waals surface area contributed by atoms with Gasteiger partial charge in [-0.2, -0.15) is 0 Å². The molecule has 0 aliphatic heterocycles. The SMILES string of the molecule is C[C@@H](O)c1nnc([C@H]2C[C@@H](NC(=O)c3cc(-c4ccccc4)on3)C2)s1. The molecule has 0 saturated heterocycles. The van der Waals surface area contributed by atoms with Gasteiger partial charge in [-0.15, -0.1) is 10.2 Å². The van der Waals surface area contributed by atoms with Crippen molar-refractivity contribution in [2.24, 2.45) is 0 Å². The van der Waals surface area contributed by atoms with E-state index in [9.17, 15) is 9.90 Å². The van der Waals surface area contributed by atoms with E-state index in [1.807, 2.05) is 30.3 Å². The van der Waals surface area contributed by atoms with Gasteiger partial charge in [0.25, 0.3) is 5.91 Å². The number of hydrogen-bond donors (Lipinski definition) is 2. The summed E-state index contributed by atoms with van der Waals surface area (Å²) < 4.78 is 5.27. The predicted molar refractivity (Wildman–Crippen MR) is 95.7 cm³/mol. The van der Waals surface area contributed by atoms with Crippen molar-refractivity contribution in [3.8, 4) is 11.3 Å². The van der Waals surface area contributed by atoms with Crippen LogP contribution < -0.4 is 5.32 Å². The van der Waals surface area contributed by atoms with Crippen LogP contribution in [0.25, 0.3) is 11.3 Å². The van der Waals surface area contributed by atoms with Crippen molar-refractivity contribution >= 4 is 17.2 Å². The second-order valence-corrected chi connectivity index (χ2v) is 7.48. The molecule has 1 aliphatic carbocycles. The molecular weight excluding hydrogens is 352 g/mol. The fourth-order valence-electron chi connectivity index (χ4n) is 2.90. The maximum atomic E-state index is 12.3. The van der Waals surface area contributed by atoms with E-state index < -0.39 is 6.10 Å². The van der Waals surface area contributed by atoms with Crippen LogP contribution in [0.5, 0.6) is 0 Å². The lowest BCUT2D eigenvalue weighted by atomic mass is 9.80. The molecule has 8 heteroatoms. The maximum absolute atomic E-state index is 12.3. The van der Waals surface area contributed by atoms with Crippen LogP contribution in [0.3, 0.4) is 0 Å². The first-order valence-corrected chi connectivity index (χ1v) is 9.26. The third-order valence-electron chi connectivity index (χ3n) is 4.44. The molecule has 7 nitrogen and oxygen atoms in total. The summed E-state index contributed by atoms with van der Waals surface area (Å²) in [7, 11) is 0. The lowest BCUT2D eigenvalue weighted by Crippen LogP contribution is -2.43. The Balaban J connectivity index is 1.33. The predicted octanol–water partition coefficient (Wildman–Crippen LogP) is 2.92. The molecule has 2 heterocycles. The Hall–Kier alpha value is -2.58. The van der Waals surface area contributed by atoms with Gasteiger partial charge in [0.1, 0.15) is 16.1 Å². The van der Waals surface area contributed by atoms with E-state index in [0.717, 1.165) is 23.4 Å². The molecule has 1 fully saturated rings. The second kappa shape index (κ2) is 6.97. The number of rotatable bonds is 5. The molecule has 2 aromatic heterocycles. The summed E-state index contributed by atoms with van der Waals surface area (Å²) in [6, 6.07) is 11.3. The highest BCUT2D eigenvalue weighted by molar-refractivity contribution is 7.11. The molecule has 0 bridgehead atoms. The molecule has 0 unspecified atom stereocenters. The first kappa shape index (κ1) is 16.9. The molecule has 1 aliphatic rings. The summed E-state index contributed by atoms with van der Waals surface area (Å²) in [6.45, 7) is 1.68. The summed E-state index contributed by atoms with van der Waals surface area (Å²) in [6.07, 6.45) is 1.02. The number of amides is 1. The number of carbonyl (C=O) groups excluding carboxylic acids is 1. The van der Waals surface area contributed by atoms with Gasteiger partial charge in [0.05, 0.1) is 0 Å². The van der Waals surface area contributed by atoms with Gasteiger partial charge in [-0.25, -0.2) is 0 Å².